The third-order valence-corrected chi connectivity index (χ3v) is 5.85. The lowest BCUT2D eigenvalue weighted by atomic mass is 10.2. The third-order valence-electron chi connectivity index (χ3n) is 5.52. The van der Waals surface area contributed by atoms with Crippen LogP contribution in [0.4, 0.5) is 29.3 Å². The number of ether oxygens (including phenoxy) is 1. The van der Waals surface area contributed by atoms with E-state index in [4.69, 9.17) is 21.5 Å². The maximum atomic E-state index is 13.0. The van der Waals surface area contributed by atoms with Crippen molar-refractivity contribution in [2.45, 2.75) is 31.9 Å². The van der Waals surface area contributed by atoms with E-state index in [1.807, 2.05) is 11.0 Å². The highest BCUT2D eigenvalue weighted by Gasteiger charge is 2.33. The number of hydrogen-bond acceptors (Lipinski definition) is 6. The summed E-state index contributed by atoms with van der Waals surface area (Å²) >= 11 is 5.59. The number of anilines is 2. The number of benzene rings is 2. The first-order chi connectivity index (χ1) is 19.0. The van der Waals surface area contributed by atoms with Crippen LogP contribution in [-0.2, 0) is 15.8 Å². The normalized spacial score (nSPS) is 12.8. The summed E-state index contributed by atoms with van der Waals surface area (Å²) in [5.41, 5.74) is 0.821. The van der Waals surface area contributed by atoms with Crippen LogP contribution in [0.3, 0.4) is 0 Å². The van der Waals surface area contributed by atoms with Gasteiger partial charge in [-0.15, -0.1) is 0 Å². The van der Waals surface area contributed by atoms with Crippen molar-refractivity contribution >= 4 is 40.8 Å². The van der Waals surface area contributed by atoms with E-state index in [1.54, 1.807) is 42.0 Å². The Morgan fingerprint density at radius 1 is 0.975 bits per heavy atom. The molecule has 1 heterocycles. The fourth-order valence-corrected chi connectivity index (χ4v) is 3.69. The standard InChI is InChI=1S/C26H27ClF3N5O5/c27-22-10-7-18(15-21(22)26(28,29)30)33-25(38)32-17-5-8-19(9-6-17)40-20-11-13-35(14-12-20)16-31-23(36)3-1-2-4-24(37)34-39/h5-13,15,39H,1-4,14,16H2,(H,31,36)(H,34,37)(H2,32,33,38). The number of hydrogen-bond donors (Lipinski definition) is 5. The van der Waals surface area contributed by atoms with Crippen molar-refractivity contribution in [1.29, 1.82) is 0 Å². The van der Waals surface area contributed by atoms with Gasteiger partial charge in [-0.3, -0.25) is 14.8 Å². The highest BCUT2D eigenvalue weighted by Crippen LogP contribution is 2.36. The van der Waals surface area contributed by atoms with Gasteiger partial charge in [-0.25, -0.2) is 10.3 Å². The van der Waals surface area contributed by atoms with Gasteiger partial charge >= 0.3 is 12.2 Å². The Labute approximate surface area is 232 Å². The van der Waals surface area contributed by atoms with E-state index in [0.717, 1.165) is 12.1 Å². The van der Waals surface area contributed by atoms with E-state index in [-0.39, 0.29) is 24.4 Å². The first-order valence-electron chi connectivity index (χ1n) is 12.1. The molecule has 3 rings (SSSR count). The van der Waals surface area contributed by atoms with Gasteiger partial charge in [0.05, 0.1) is 17.3 Å². The Kier molecular flexibility index (Phi) is 10.8. The molecule has 0 fully saturated rings. The van der Waals surface area contributed by atoms with Gasteiger partial charge in [-0.1, -0.05) is 11.6 Å². The molecule has 10 nitrogen and oxygen atoms in total. The number of carbonyl (C=O) groups is 3. The molecule has 0 unspecified atom stereocenters. The fraction of sp³-hybridized carbons (Fsp3) is 0.269. The molecule has 2 aromatic carbocycles. The molecular weight excluding hydrogens is 555 g/mol. The van der Waals surface area contributed by atoms with Crippen LogP contribution < -0.4 is 26.2 Å². The summed E-state index contributed by atoms with van der Waals surface area (Å²) in [4.78, 5) is 36.9. The van der Waals surface area contributed by atoms with Crippen LogP contribution in [0.15, 0.2) is 66.6 Å². The summed E-state index contributed by atoms with van der Waals surface area (Å²) in [5.74, 6) is 0.436. The number of urea groups is 1. The van der Waals surface area contributed by atoms with Crippen molar-refractivity contribution in [3.8, 4) is 5.75 Å². The van der Waals surface area contributed by atoms with Gasteiger partial charge in [0.25, 0.3) is 0 Å². The molecule has 0 aromatic heterocycles. The van der Waals surface area contributed by atoms with Gasteiger partial charge in [-0.2, -0.15) is 13.2 Å². The topological polar surface area (TPSA) is 132 Å². The first-order valence-corrected chi connectivity index (χ1v) is 12.5. The van der Waals surface area contributed by atoms with E-state index in [2.05, 4.69) is 16.0 Å². The highest BCUT2D eigenvalue weighted by molar-refractivity contribution is 6.31. The van der Waals surface area contributed by atoms with E-state index in [0.29, 0.717) is 43.3 Å². The smallest absolute Gasteiger partial charge is 0.417 e. The number of hydroxylamine groups is 1. The number of allylic oxidation sites excluding steroid dienone is 1. The average molecular weight is 582 g/mol. The van der Waals surface area contributed by atoms with Gasteiger partial charge < -0.3 is 25.6 Å². The minimum atomic E-state index is -4.65. The van der Waals surface area contributed by atoms with Crippen molar-refractivity contribution in [3.05, 3.63) is 77.2 Å². The van der Waals surface area contributed by atoms with Gasteiger partial charge in [0.2, 0.25) is 11.8 Å². The van der Waals surface area contributed by atoms with E-state index >= 15 is 0 Å². The molecule has 0 saturated carbocycles. The van der Waals surface area contributed by atoms with Crippen molar-refractivity contribution in [2.75, 3.05) is 23.8 Å². The molecule has 4 amide bonds. The predicted octanol–water partition coefficient (Wildman–Crippen LogP) is 5.23. The minimum absolute atomic E-state index is 0.0662. The number of alkyl halides is 3. The SMILES string of the molecule is O=C(CCCCC(=O)NCN1C=CC(Oc2ccc(NC(=O)Nc3ccc(Cl)c(C(F)(F)F)c3)cc2)=CC1)NO. The molecule has 0 spiro atoms. The molecule has 214 valence electrons. The molecule has 0 saturated heterocycles. The molecular formula is C26H27ClF3N5O5. The maximum Gasteiger partial charge on any atom is 0.417 e. The molecule has 5 N–H and O–H groups in total. The second-order valence-electron chi connectivity index (χ2n) is 8.59. The number of nitrogens with zero attached hydrogens (tertiary/aromatic N) is 1. The molecule has 1 aliphatic heterocycles. The van der Waals surface area contributed by atoms with E-state index in [9.17, 15) is 27.6 Å². The monoisotopic (exact) mass is 581 g/mol. The number of amides is 4. The van der Waals surface area contributed by atoms with Crippen LogP contribution in [0.25, 0.3) is 0 Å². The van der Waals surface area contributed by atoms with Crippen molar-refractivity contribution < 1.29 is 37.5 Å². The Hall–Kier alpha value is -4.23. The van der Waals surface area contributed by atoms with E-state index < -0.39 is 28.7 Å². The Morgan fingerprint density at radius 3 is 2.25 bits per heavy atom. The van der Waals surface area contributed by atoms with Crippen molar-refractivity contribution in [2.24, 2.45) is 0 Å². The van der Waals surface area contributed by atoms with Crippen LogP contribution in [-0.4, -0.2) is 41.2 Å². The molecule has 0 bridgehead atoms. The lowest BCUT2D eigenvalue weighted by Crippen LogP contribution is -2.35. The summed E-state index contributed by atoms with van der Waals surface area (Å²) < 4.78 is 44.8. The number of halogens is 4. The number of carbonyl (C=O) groups excluding carboxylic acids is 3. The minimum Gasteiger partial charge on any atom is -0.458 e. The molecule has 0 atom stereocenters. The van der Waals surface area contributed by atoms with Gasteiger partial charge in [0, 0.05) is 37.0 Å². The fourth-order valence-electron chi connectivity index (χ4n) is 3.47. The molecule has 0 aliphatic carbocycles. The lowest BCUT2D eigenvalue weighted by Gasteiger charge is -2.23. The zero-order valence-corrected chi connectivity index (χ0v) is 21.8. The summed E-state index contributed by atoms with van der Waals surface area (Å²) in [5, 5.41) is 15.6. The summed E-state index contributed by atoms with van der Waals surface area (Å²) in [6, 6.07) is 8.72. The van der Waals surface area contributed by atoms with Crippen LogP contribution in [0.2, 0.25) is 5.02 Å². The lowest BCUT2D eigenvalue weighted by molar-refractivity contribution is -0.137. The molecule has 14 heteroatoms. The van der Waals surface area contributed by atoms with Crippen molar-refractivity contribution in [1.82, 2.24) is 15.7 Å². The predicted molar refractivity (Wildman–Crippen MR) is 142 cm³/mol. The Balaban J connectivity index is 1.40. The number of nitrogens with one attached hydrogen (secondary N) is 4. The second kappa shape index (κ2) is 14.2. The largest absolute Gasteiger partial charge is 0.458 e. The summed E-state index contributed by atoms with van der Waals surface area (Å²) in [6.07, 6.45) is 2.10. The maximum absolute atomic E-state index is 13.0. The van der Waals surface area contributed by atoms with Crippen LogP contribution in [0, 0.1) is 0 Å². The first kappa shape index (κ1) is 30.3. The zero-order valence-electron chi connectivity index (χ0n) is 21.1. The number of unbranched alkanes of at least 4 members (excludes halogenated alkanes) is 1. The Morgan fingerprint density at radius 2 is 1.62 bits per heavy atom. The van der Waals surface area contributed by atoms with E-state index in [1.165, 1.54) is 6.07 Å². The third kappa shape index (κ3) is 9.82. The molecule has 2 aromatic rings. The second-order valence-corrected chi connectivity index (χ2v) is 9.00. The van der Waals surface area contributed by atoms with Crippen molar-refractivity contribution in [3.63, 3.8) is 0 Å². The zero-order chi connectivity index (χ0) is 29.1. The average Bonchev–Trinajstić information content (AvgIpc) is 2.92. The number of rotatable bonds is 11. The molecule has 40 heavy (non-hydrogen) atoms. The van der Waals surface area contributed by atoms with Crippen LogP contribution in [0.1, 0.15) is 31.2 Å². The summed E-state index contributed by atoms with van der Waals surface area (Å²) in [6.45, 7) is 0.787. The highest BCUT2D eigenvalue weighted by atomic mass is 35.5. The van der Waals surface area contributed by atoms with Gasteiger partial charge in [0.15, 0.2) is 0 Å². The quantitative estimate of drug-likeness (QED) is 0.140. The van der Waals surface area contributed by atoms with Crippen LogP contribution in [0.5, 0.6) is 5.75 Å². The van der Waals surface area contributed by atoms with Gasteiger partial charge in [-0.05, 0) is 67.5 Å². The molecule has 1 aliphatic rings. The molecule has 0 radical (unpaired) electrons. The van der Waals surface area contributed by atoms with Gasteiger partial charge in [0.1, 0.15) is 11.5 Å². The Bertz CT molecular complexity index is 1270. The summed E-state index contributed by atoms with van der Waals surface area (Å²) in [7, 11) is 0. The van der Waals surface area contributed by atoms with Crippen LogP contribution >= 0.6 is 11.6 Å².